The second kappa shape index (κ2) is 13.5. The molecule has 1 fully saturated rings. The van der Waals surface area contributed by atoms with Crippen LogP contribution in [-0.2, 0) is 26.1 Å². The van der Waals surface area contributed by atoms with E-state index < -0.39 is 12.1 Å². The van der Waals surface area contributed by atoms with Crippen LogP contribution in [0.2, 0.25) is 0 Å². The quantitative estimate of drug-likeness (QED) is 0.243. The second-order valence-corrected chi connectivity index (χ2v) is 10.6. The molecule has 9 heteroatoms. The highest BCUT2D eigenvalue weighted by molar-refractivity contribution is 5.75. The van der Waals surface area contributed by atoms with Crippen molar-refractivity contribution in [1.82, 2.24) is 14.9 Å². The highest BCUT2D eigenvalue weighted by atomic mass is 16.5. The highest BCUT2D eigenvalue weighted by Gasteiger charge is 2.40. The van der Waals surface area contributed by atoms with Crippen LogP contribution in [0.3, 0.4) is 0 Å². The van der Waals surface area contributed by atoms with Gasteiger partial charge >= 0.3 is 6.03 Å². The fourth-order valence-corrected chi connectivity index (χ4v) is 5.46. The van der Waals surface area contributed by atoms with Crippen molar-refractivity contribution in [3.63, 3.8) is 0 Å². The van der Waals surface area contributed by atoms with E-state index in [0.717, 1.165) is 22.3 Å². The van der Waals surface area contributed by atoms with Crippen molar-refractivity contribution in [2.45, 2.75) is 38.2 Å². The maximum Gasteiger partial charge on any atom is 0.335 e. The van der Waals surface area contributed by atoms with E-state index in [1.807, 2.05) is 65.7 Å². The van der Waals surface area contributed by atoms with Gasteiger partial charge in [-0.1, -0.05) is 72.8 Å². The number of carbonyl (C=O) groups excluding carboxylic acids is 1. The third kappa shape index (κ3) is 7.02. The minimum Gasteiger partial charge on any atom is -0.504 e. The summed E-state index contributed by atoms with van der Waals surface area (Å²) in [6, 6.07) is 28.8. The Hall–Kier alpha value is -4.73. The highest BCUT2D eigenvalue weighted by Crippen LogP contribution is 2.31. The third-order valence-corrected chi connectivity index (χ3v) is 7.72. The number of hydrogen-bond donors (Lipinski definition) is 3. The number of aliphatic hydroxyl groups is 1. The Kier molecular flexibility index (Phi) is 9.34. The lowest BCUT2D eigenvalue weighted by molar-refractivity contribution is -0.0213. The van der Waals surface area contributed by atoms with Gasteiger partial charge in [0.15, 0.2) is 23.0 Å². The Morgan fingerprint density at radius 3 is 1.79 bits per heavy atom. The molecule has 0 unspecified atom stereocenters. The summed E-state index contributed by atoms with van der Waals surface area (Å²) in [5.41, 5.74) is 3.49. The van der Waals surface area contributed by atoms with Gasteiger partial charge in [-0.25, -0.2) is 9.80 Å². The summed E-state index contributed by atoms with van der Waals surface area (Å²) in [7, 11) is 2.96. The summed E-state index contributed by atoms with van der Waals surface area (Å²) >= 11 is 0. The Morgan fingerprint density at radius 2 is 1.23 bits per heavy atom. The lowest BCUT2D eigenvalue weighted by Crippen LogP contribution is -2.51. The predicted molar refractivity (Wildman–Crippen MR) is 163 cm³/mol. The number of hydrazine groups is 1. The molecule has 2 atom stereocenters. The molecule has 0 saturated carbocycles. The average molecular weight is 584 g/mol. The van der Waals surface area contributed by atoms with Gasteiger partial charge in [0.05, 0.1) is 32.9 Å². The first-order valence-electron chi connectivity index (χ1n) is 14.2. The van der Waals surface area contributed by atoms with Crippen molar-refractivity contribution >= 4 is 6.03 Å². The molecule has 0 spiro atoms. The summed E-state index contributed by atoms with van der Waals surface area (Å²) < 4.78 is 10.7. The number of hydrogen-bond acceptors (Lipinski definition) is 7. The van der Waals surface area contributed by atoms with Crippen LogP contribution in [-0.4, -0.2) is 69.2 Å². The van der Waals surface area contributed by atoms with E-state index in [-0.39, 0.29) is 37.2 Å². The zero-order valence-corrected chi connectivity index (χ0v) is 24.3. The lowest BCUT2D eigenvalue weighted by atomic mass is 9.99. The topological polar surface area (TPSA) is 106 Å². The lowest BCUT2D eigenvalue weighted by Gasteiger charge is -2.36. The van der Waals surface area contributed by atoms with Crippen LogP contribution < -0.4 is 9.47 Å². The van der Waals surface area contributed by atoms with Gasteiger partial charge in [-0.2, -0.15) is 0 Å². The number of phenolic OH excluding ortho intramolecular Hbond substituents is 2. The predicted octanol–water partition coefficient (Wildman–Crippen LogP) is 4.94. The molecule has 4 aromatic carbocycles. The van der Waals surface area contributed by atoms with E-state index in [2.05, 4.69) is 0 Å². The molecule has 224 valence electrons. The van der Waals surface area contributed by atoms with E-state index in [0.29, 0.717) is 24.5 Å². The second-order valence-electron chi connectivity index (χ2n) is 10.6. The number of methoxy groups -OCH3 is 2. The van der Waals surface area contributed by atoms with Gasteiger partial charge < -0.3 is 29.7 Å². The number of benzene rings is 4. The number of amides is 2. The van der Waals surface area contributed by atoms with Crippen LogP contribution in [0.15, 0.2) is 97.1 Å². The van der Waals surface area contributed by atoms with Crippen molar-refractivity contribution in [2.24, 2.45) is 0 Å². The van der Waals surface area contributed by atoms with Crippen LogP contribution in [0.1, 0.15) is 22.3 Å². The molecular weight excluding hydrogens is 546 g/mol. The Labute approximate surface area is 251 Å². The summed E-state index contributed by atoms with van der Waals surface area (Å²) in [4.78, 5) is 16.4. The van der Waals surface area contributed by atoms with Crippen LogP contribution >= 0.6 is 0 Å². The molecule has 43 heavy (non-hydrogen) atoms. The number of carbonyl (C=O) groups is 1. The number of aliphatic hydroxyl groups excluding tert-OH is 1. The van der Waals surface area contributed by atoms with Gasteiger partial charge in [-0.3, -0.25) is 5.01 Å². The normalized spacial score (nSPS) is 17.5. The molecule has 2 amide bonds. The Balaban J connectivity index is 1.57. The number of nitrogens with zero attached hydrogens (tertiary/aromatic N) is 3. The van der Waals surface area contributed by atoms with Gasteiger partial charge in [0.2, 0.25) is 0 Å². The largest absolute Gasteiger partial charge is 0.504 e. The fraction of sp³-hybridized carbons (Fsp3) is 0.265. The molecule has 9 nitrogen and oxygen atoms in total. The number of ether oxygens (including phenoxy) is 2. The van der Waals surface area contributed by atoms with Gasteiger partial charge in [-0.05, 0) is 52.9 Å². The summed E-state index contributed by atoms with van der Waals surface area (Å²) in [6.45, 7) is 0.974. The smallest absolute Gasteiger partial charge is 0.335 e. The first kappa shape index (κ1) is 29.8. The SMILES string of the molecule is COc1cc(CN2C(=O)N(Cc3ccc(O)c(OC)c3)N(Cc3ccccc3)C[C@@H](O)[C@H]2Cc2ccccc2)ccc1O. The van der Waals surface area contributed by atoms with Gasteiger partial charge in [-0.15, -0.1) is 0 Å². The summed E-state index contributed by atoms with van der Waals surface area (Å²) in [6.07, 6.45) is -0.436. The molecule has 1 heterocycles. The Bertz CT molecular complexity index is 1520. The van der Waals surface area contributed by atoms with Crippen molar-refractivity contribution in [3.05, 3.63) is 119 Å². The Morgan fingerprint density at radius 1 is 0.698 bits per heavy atom. The summed E-state index contributed by atoms with van der Waals surface area (Å²) in [5, 5.41) is 35.7. The maximum atomic E-state index is 14.7. The van der Waals surface area contributed by atoms with Crippen LogP contribution in [0.4, 0.5) is 4.79 Å². The molecule has 1 saturated heterocycles. The fourth-order valence-electron chi connectivity index (χ4n) is 5.46. The maximum absolute atomic E-state index is 14.7. The molecule has 0 radical (unpaired) electrons. The van der Waals surface area contributed by atoms with E-state index in [1.165, 1.54) is 14.2 Å². The molecular formula is C34H37N3O6. The summed E-state index contributed by atoms with van der Waals surface area (Å²) in [5.74, 6) is 0.630. The zero-order chi connectivity index (χ0) is 30.3. The zero-order valence-electron chi connectivity index (χ0n) is 24.3. The van der Waals surface area contributed by atoms with Crippen molar-refractivity contribution < 1.29 is 29.6 Å². The molecule has 0 bridgehead atoms. The molecule has 4 aromatic rings. The minimum absolute atomic E-state index is 0.00579. The van der Waals surface area contributed by atoms with Crippen LogP contribution in [0.5, 0.6) is 23.0 Å². The van der Waals surface area contributed by atoms with Gasteiger partial charge in [0.1, 0.15) is 0 Å². The molecule has 3 N–H and O–H groups in total. The third-order valence-electron chi connectivity index (χ3n) is 7.72. The standard InChI is InChI=1S/C34H37N3O6/c1-42-32-18-26(13-15-29(32)38)21-36-28(17-24-9-5-3-6-10-24)31(40)23-35(20-25-11-7-4-8-12-25)37(34(36)41)22-27-14-16-30(39)33(19-27)43-2/h3-16,18-19,28,31,38-40H,17,20-23H2,1-2H3/t28-,31-/m1/s1. The van der Waals surface area contributed by atoms with Gasteiger partial charge in [0.25, 0.3) is 0 Å². The number of phenols is 2. The first-order chi connectivity index (χ1) is 20.9. The van der Waals surface area contributed by atoms with Crippen LogP contribution in [0.25, 0.3) is 0 Å². The van der Waals surface area contributed by atoms with E-state index >= 15 is 0 Å². The van der Waals surface area contributed by atoms with Crippen molar-refractivity contribution in [2.75, 3.05) is 20.8 Å². The number of β-amino-alcohol motifs (C(OH)–C–C–N with tert-alkyl or cyclic N) is 1. The molecule has 0 aromatic heterocycles. The van der Waals surface area contributed by atoms with Crippen molar-refractivity contribution in [3.8, 4) is 23.0 Å². The molecule has 1 aliphatic heterocycles. The van der Waals surface area contributed by atoms with Crippen LogP contribution in [0, 0.1) is 0 Å². The van der Waals surface area contributed by atoms with E-state index in [4.69, 9.17) is 9.47 Å². The van der Waals surface area contributed by atoms with Gasteiger partial charge in [0, 0.05) is 19.6 Å². The molecule has 5 rings (SSSR count). The first-order valence-corrected chi connectivity index (χ1v) is 14.2. The molecule has 0 aliphatic carbocycles. The van der Waals surface area contributed by atoms with Crippen molar-refractivity contribution in [1.29, 1.82) is 0 Å². The van der Waals surface area contributed by atoms with E-state index in [9.17, 15) is 20.1 Å². The number of aromatic hydroxyl groups is 2. The average Bonchev–Trinajstić information content (AvgIpc) is 3.10. The number of urea groups is 1. The minimum atomic E-state index is -0.883. The van der Waals surface area contributed by atoms with E-state index in [1.54, 1.807) is 46.3 Å². The number of rotatable bonds is 10. The monoisotopic (exact) mass is 583 g/mol. The molecule has 1 aliphatic rings.